The molecule has 0 bridgehead atoms. The lowest BCUT2D eigenvalue weighted by Gasteiger charge is -2.13. The smallest absolute Gasteiger partial charge is 0.255 e. The number of benzene rings is 3. The minimum atomic E-state index is -0.112. The Morgan fingerprint density at radius 2 is 1.69 bits per heavy atom. The average Bonchev–Trinajstić information content (AvgIpc) is 2.75. The van der Waals surface area contributed by atoms with Crippen LogP contribution in [0.5, 0.6) is 5.75 Å². The molecule has 4 heteroatoms. The predicted octanol–water partition coefficient (Wildman–Crippen LogP) is 6.50. The largest absolute Gasteiger partial charge is 0.494 e. The molecule has 0 fully saturated rings. The fraction of sp³-hybridized carbons (Fsp3) is 0.240. The average molecular weight is 406 g/mol. The maximum atomic E-state index is 12.7. The van der Waals surface area contributed by atoms with Gasteiger partial charge >= 0.3 is 0 Å². The molecule has 3 nitrogen and oxygen atoms in total. The van der Waals surface area contributed by atoms with E-state index >= 15 is 0 Å². The first-order valence-electron chi connectivity index (χ1n) is 9.94. The highest BCUT2D eigenvalue weighted by molar-refractivity contribution is 7.98. The van der Waals surface area contributed by atoms with Crippen molar-refractivity contribution < 1.29 is 9.53 Å². The van der Waals surface area contributed by atoms with E-state index in [9.17, 15) is 4.79 Å². The highest BCUT2D eigenvalue weighted by Crippen LogP contribution is 2.29. The Morgan fingerprint density at radius 1 is 0.966 bits per heavy atom. The number of amides is 1. The number of nitrogens with one attached hydrogen (secondary N) is 1. The summed E-state index contributed by atoms with van der Waals surface area (Å²) in [5.74, 6) is 1.46. The molecule has 0 aliphatic heterocycles. The molecular weight excluding hydrogens is 378 g/mol. The number of thioether (sulfide) groups is 1. The second-order valence-electron chi connectivity index (χ2n) is 6.86. The van der Waals surface area contributed by atoms with Crippen LogP contribution in [0.4, 0.5) is 5.69 Å². The minimum absolute atomic E-state index is 0.112. The first-order valence-corrected chi connectivity index (χ1v) is 10.9. The number of ether oxygens (including phenoxy) is 1. The van der Waals surface area contributed by atoms with Gasteiger partial charge in [-0.2, -0.15) is 0 Å². The summed E-state index contributed by atoms with van der Waals surface area (Å²) in [7, 11) is 0. The van der Waals surface area contributed by atoms with Crippen molar-refractivity contribution in [3.8, 4) is 5.75 Å². The lowest BCUT2D eigenvalue weighted by molar-refractivity contribution is 0.102. The molecule has 0 atom stereocenters. The Bertz CT molecular complexity index is 950. The molecular formula is C25H27NO2S. The highest BCUT2D eigenvalue weighted by Gasteiger charge is 2.12. The normalized spacial score (nSPS) is 10.6. The van der Waals surface area contributed by atoms with Gasteiger partial charge in [0, 0.05) is 27.5 Å². The molecule has 0 saturated carbocycles. The van der Waals surface area contributed by atoms with Crippen LogP contribution in [-0.4, -0.2) is 12.5 Å². The molecule has 3 aromatic carbocycles. The van der Waals surface area contributed by atoms with E-state index < -0.39 is 0 Å². The molecule has 29 heavy (non-hydrogen) atoms. The van der Waals surface area contributed by atoms with Crippen molar-refractivity contribution in [3.05, 3.63) is 89.0 Å². The molecule has 0 heterocycles. The highest BCUT2D eigenvalue weighted by atomic mass is 32.2. The lowest BCUT2D eigenvalue weighted by Crippen LogP contribution is -2.12. The molecule has 0 saturated heterocycles. The summed E-state index contributed by atoms with van der Waals surface area (Å²) in [6.45, 7) is 6.76. The number of carbonyl (C=O) groups excluding carboxylic acids is 1. The Labute approximate surface area is 177 Å². The SMILES string of the molecule is CCOc1ccc(C(=O)Nc2ccc(CC)cc2)cc1CSc1ccc(C)cc1. The summed E-state index contributed by atoms with van der Waals surface area (Å²) in [5, 5.41) is 2.98. The maximum absolute atomic E-state index is 12.7. The number of aryl methyl sites for hydroxylation is 2. The van der Waals surface area contributed by atoms with Gasteiger partial charge in [-0.05, 0) is 68.3 Å². The topological polar surface area (TPSA) is 38.3 Å². The van der Waals surface area contributed by atoms with Crippen LogP contribution in [0, 0.1) is 6.92 Å². The third-order valence-corrected chi connectivity index (χ3v) is 5.72. The first-order chi connectivity index (χ1) is 14.1. The second-order valence-corrected chi connectivity index (χ2v) is 7.91. The zero-order valence-electron chi connectivity index (χ0n) is 17.2. The number of hydrogen-bond acceptors (Lipinski definition) is 3. The van der Waals surface area contributed by atoms with Crippen molar-refractivity contribution in [2.24, 2.45) is 0 Å². The van der Waals surface area contributed by atoms with Crippen LogP contribution >= 0.6 is 11.8 Å². The van der Waals surface area contributed by atoms with Crippen LogP contribution in [0.25, 0.3) is 0 Å². The Hall–Kier alpha value is -2.72. The Morgan fingerprint density at radius 3 is 2.34 bits per heavy atom. The van der Waals surface area contributed by atoms with Crippen molar-refractivity contribution in [1.29, 1.82) is 0 Å². The summed E-state index contributed by atoms with van der Waals surface area (Å²) in [6, 6.07) is 22.1. The van der Waals surface area contributed by atoms with Crippen molar-refractivity contribution in [1.82, 2.24) is 0 Å². The van der Waals surface area contributed by atoms with E-state index in [-0.39, 0.29) is 5.91 Å². The fourth-order valence-electron chi connectivity index (χ4n) is 2.95. The van der Waals surface area contributed by atoms with E-state index in [2.05, 4.69) is 43.4 Å². The molecule has 0 aromatic heterocycles. The third-order valence-electron chi connectivity index (χ3n) is 4.66. The summed E-state index contributed by atoms with van der Waals surface area (Å²) in [5.41, 5.74) is 4.95. The predicted molar refractivity (Wildman–Crippen MR) is 122 cm³/mol. The Kier molecular flexibility index (Phi) is 7.36. The van der Waals surface area contributed by atoms with E-state index in [4.69, 9.17) is 4.74 Å². The minimum Gasteiger partial charge on any atom is -0.494 e. The van der Waals surface area contributed by atoms with E-state index in [1.807, 2.05) is 49.4 Å². The number of hydrogen-bond donors (Lipinski definition) is 1. The molecule has 1 N–H and O–H groups in total. The van der Waals surface area contributed by atoms with Gasteiger partial charge in [0.1, 0.15) is 5.75 Å². The van der Waals surface area contributed by atoms with Crippen LogP contribution in [0.15, 0.2) is 71.6 Å². The monoisotopic (exact) mass is 405 g/mol. The van der Waals surface area contributed by atoms with Crippen molar-refractivity contribution in [2.45, 2.75) is 37.8 Å². The maximum Gasteiger partial charge on any atom is 0.255 e. The van der Waals surface area contributed by atoms with Crippen LogP contribution in [-0.2, 0) is 12.2 Å². The van der Waals surface area contributed by atoms with E-state index in [1.165, 1.54) is 16.0 Å². The molecule has 0 radical (unpaired) electrons. The molecule has 1 amide bonds. The summed E-state index contributed by atoms with van der Waals surface area (Å²) in [6.07, 6.45) is 0.981. The van der Waals surface area contributed by atoms with Gasteiger partial charge in [-0.25, -0.2) is 0 Å². The number of anilines is 1. The zero-order chi connectivity index (χ0) is 20.6. The quantitative estimate of drug-likeness (QED) is 0.435. The van der Waals surface area contributed by atoms with Gasteiger partial charge in [-0.3, -0.25) is 4.79 Å². The van der Waals surface area contributed by atoms with Gasteiger partial charge in [0.15, 0.2) is 0 Å². The van der Waals surface area contributed by atoms with Crippen molar-refractivity contribution in [2.75, 3.05) is 11.9 Å². The molecule has 3 rings (SSSR count). The standard InChI is InChI=1S/C25H27NO2S/c1-4-19-8-11-22(12-9-19)26-25(27)20-10-15-24(28-5-2)21(16-20)17-29-23-13-6-18(3)7-14-23/h6-16H,4-5,17H2,1-3H3,(H,26,27). The summed E-state index contributed by atoms with van der Waals surface area (Å²) in [4.78, 5) is 13.9. The summed E-state index contributed by atoms with van der Waals surface area (Å²) >= 11 is 1.74. The fourth-order valence-corrected chi connectivity index (χ4v) is 3.83. The van der Waals surface area contributed by atoms with Gasteiger partial charge < -0.3 is 10.1 Å². The third kappa shape index (κ3) is 5.88. The lowest BCUT2D eigenvalue weighted by atomic mass is 10.1. The van der Waals surface area contributed by atoms with Crippen molar-refractivity contribution >= 4 is 23.4 Å². The van der Waals surface area contributed by atoms with Gasteiger partial charge in [-0.15, -0.1) is 11.8 Å². The molecule has 0 unspecified atom stereocenters. The van der Waals surface area contributed by atoms with Gasteiger partial charge in [-0.1, -0.05) is 36.8 Å². The number of rotatable bonds is 8. The molecule has 150 valence electrons. The molecule has 0 aliphatic rings. The molecule has 0 spiro atoms. The molecule has 0 aliphatic carbocycles. The Balaban J connectivity index is 1.75. The van der Waals surface area contributed by atoms with E-state index in [1.54, 1.807) is 11.8 Å². The van der Waals surface area contributed by atoms with E-state index in [0.717, 1.165) is 29.2 Å². The van der Waals surface area contributed by atoms with Crippen LogP contribution in [0.1, 0.15) is 40.9 Å². The van der Waals surface area contributed by atoms with Crippen LogP contribution < -0.4 is 10.1 Å². The second kappa shape index (κ2) is 10.2. The van der Waals surface area contributed by atoms with Crippen molar-refractivity contribution in [3.63, 3.8) is 0 Å². The molecule has 3 aromatic rings. The van der Waals surface area contributed by atoms with Gasteiger partial charge in [0.05, 0.1) is 6.61 Å². The van der Waals surface area contributed by atoms with Crippen LogP contribution in [0.3, 0.4) is 0 Å². The zero-order valence-corrected chi connectivity index (χ0v) is 18.0. The van der Waals surface area contributed by atoms with E-state index in [0.29, 0.717) is 12.2 Å². The van der Waals surface area contributed by atoms with Gasteiger partial charge in [0.2, 0.25) is 0 Å². The number of carbonyl (C=O) groups is 1. The summed E-state index contributed by atoms with van der Waals surface area (Å²) < 4.78 is 5.78. The first kappa shape index (κ1) is 21.0. The van der Waals surface area contributed by atoms with Gasteiger partial charge in [0.25, 0.3) is 5.91 Å². The van der Waals surface area contributed by atoms with Crippen LogP contribution in [0.2, 0.25) is 0 Å².